The van der Waals surface area contributed by atoms with Crippen molar-refractivity contribution in [2.24, 2.45) is 5.10 Å². The fourth-order valence-corrected chi connectivity index (χ4v) is 1.75. The van der Waals surface area contributed by atoms with Gasteiger partial charge in [0.15, 0.2) is 0 Å². The van der Waals surface area contributed by atoms with Gasteiger partial charge in [-0.05, 0) is 6.07 Å². The quantitative estimate of drug-likeness (QED) is 0.574. The molecule has 0 spiro atoms. The lowest BCUT2D eigenvalue weighted by Gasteiger charge is -2.05. The first-order chi connectivity index (χ1) is 8.09. The highest BCUT2D eigenvalue weighted by Gasteiger charge is 2.24. The van der Waals surface area contributed by atoms with Crippen molar-refractivity contribution in [1.82, 2.24) is 5.01 Å². The first kappa shape index (κ1) is 11.3. The average molecular weight is 233 g/mol. The van der Waals surface area contributed by atoms with Crippen LogP contribution in [0.5, 0.6) is 0 Å². The Bertz CT molecular complexity index is 510. The molecule has 0 saturated carbocycles. The largest absolute Gasteiger partial charge is 0.278 e. The van der Waals surface area contributed by atoms with Crippen molar-refractivity contribution < 1.29 is 9.72 Å². The Labute approximate surface area is 97.7 Å². The van der Waals surface area contributed by atoms with Gasteiger partial charge >= 0.3 is 0 Å². The molecule has 1 aliphatic heterocycles. The van der Waals surface area contributed by atoms with Crippen LogP contribution >= 0.6 is 0 Å². The predicted molar refractivity (Wildman–Crippen MR) is 61.6 cm³/mol. The summed E-state index contributed by atoms with van der Waals surface area (Å²) in [6.07, 6.45) is 0.546. The molecule has 2 rings (SSSR count). The van der Waals surface area contributed by atoms with Crippen LogP contribution in [0, 0.1) is 10.1 Å². The molecule has 1 aliphatic rings. The zero-order chi connectivity index (χ0) is 12.4. The number of hydrogen-bond acceptors (Lipinski definition) is 4. The third-order valence-electron chi connectivity index (χ3n) is 2.58. The smallest absolute Gasteiger partial charge is 0.273 e. The molecule has 1 amide bonds. The fourth-order valence-electron chi connectivity index (χ4n) is 1.75. The topological polar surface area (TPSA) is 75.8 Å². The summed E-state index contributed by atoms with van der Waals surface area (Å²) in [6, 6.07) is 6.43. The molecule has 0 unspecified atom stereocenters. The number of nitrogens with zero attached hydrogens (tertiary/aromatic N) is 3. The lowest BCUT2D eigenvalue weighted by Crippen LogP contribution is -2.19. The first-order valence-electron chi connectivity index (χ1n) is 5.19. The van der Waals surface area contributed by atoms with Gasteiger partial charge in [-0.2, -0.15) is 5.10 Å². The van der Waals surface area contributed by atoms with Crippen molar-refractivity contribution in [3.63, 3.8) is 0 Å². The molecule has 1 aromatic carbocycles. The summed E-state index contributed by atoms with van der Waals surface area (Å²) in [5.41, 5.74) is 1.10. The van der Waals surface area contributed by atoms with Gasteiger partial charge in [-0.25, -0.2) is 5.01 Å². The van der Waals surface area contributed by atoms with Gasteiger partial charge in [0.2, 0.25) is 5.91 Å². The third kappa shape index (κ3) is 2.15. The van der Waals surface area contributed by atoms with E-state index in [1.807, 2.05) is 0 Å². The van der Waals surface area contributed by atoms with E-state index in [2.05, 4.69) is 5.10 Å². The maximum Gasteiger partial charge on any atom is 0.278 e. The van der Waals surface area contributed by atoms with Crippen LogP contribution in [0.1, 0.15) is 18.9 Å². The second kappa shape index (κ2) is 4.32. The second-order valence-electron chi connectivity index (χ2n) is 3.71. The van der Waals surface area contributed by atoms with Gasteiger partial charge in [-0.3, -0.25) is 14.9 Å². The highest BCUT2D eigenvalue weighted by Crippen LogP contribution is 2.22. The van der Waals surface area contributed by atoms with Crippen LogP contribution < -0.4 is 0 Å². The fraction of sp³-hybridized carbons (Fsp3) is 0.273. The molecule has 0 N–H and O–H groups in total. The number of carbonyl (C=O) groups is 1. The lowest BCUT2D eigenvalue weighted by atomic mass is 10.1. The highest BCUT2D eigenvalue weighted by atomic mass is 16.6. The summed E-state index contributed by atoms with van der Waals surface area (Å²) in [7, 11) is 0. The van der Waals surface area contributed by atoms with Gasteiger partial charge in [-0.1, -0.05) is 12.1 Å². The molecule has 1 aromatic rings. The van der Waals surface area contributed by atoms with E-state index >= 15 is 0 Å². The minimum atomic E-state index is -0.436. The normalized spacial score (nSPS) is 14.6. The molecule has 6 nitrogen and oxygen atoms in total. The van der Waals surface area contributed by atoms with Crippen molar-refractivity contribution in [1.29, 1.82) is 0 Å². The van der Waals surface area contributed by atoms with E-state index in [4.69, 9.17) is 0 Å². The highest BCUT2D eigenvalue weighted by molar-refractivity contribution is 6.05. The zero-order valence-corrected chi connectivity index (χ0v) is 9.29. The first-order valence-corrected chi connectivity index (χ1v) is 5.19. The van der Waals surface area contributed by atoms with Crippen molar-refractivity contribution in [3.8, 4) is 0 Å². The molecule has 0 fully saturated rings. The number of benzene rings is 1. The number of amides is 1. The van der Waals surface area contributed by atoms with Crippen molar-refractivity contribution in [2.45, 2.75) is 13.3 Å². The van der Waals surface area contributed by atoms with Crippen LogP contribution in [0.25, 0.3) is 0 Å². The number of carbonyl (C=O) groups excluding carboxylic acids is 1. The molecular formula is C11H11N3O3. The van der Waals surface area contributed by atoms with Crippen LogP contribution in [-0.2, 0) is 4.79 Å². The molecule has 0 aromatic heterocycles. The molecule has 0 radical (unpaired) electrons. The van der Waals surface area contributed by atoms with Crippen LogP contribution in [0.2, 0.25) is 0 Å². The molecule has 17 heavy (non-hydrogen) atoms. The SMILES string of the molecule is CC(=O)N1CCC(c2ccccc2[N+](=O)[O-])=N1. The van der Waals surface area contributed by atoms with E-state index in [9.17, 15) is 14.9 Å². The van der Waals surface area contributed by atoms with Gasteiger partial charge in [0.25, 0.3) is 5.69 Å². The van der Waals surface area contributed by atoms with E-state index in [1.165, 1.54) is 18.0 Å². The van der Waals surface area contributed by atoms with E-state index in [1.54, 1.807) is 18.2 Å². The lowest BCUT2D eigenvalue weighted by molar-refractivity contribution is -0.385. The number of nitro groups is 1. The van der Waals surface area contributed by atoms with Crippen LogP contribution in [0.4, 0.5) is 5.69 Å². The molecule has 88 valence electrons. The van der Waals surface area contributed by atoms with E-state index < -0.39 is 4.92 Å². The van der Waals surface area contributed by atoms with Crippen LogP contribution in [0.15, 0.2) is 29.4 Å². The van der Waals surface area contributed by atoms with Crippen molar-refractivity contribution in [3.05, 3.63) is 39.9 Å². The molecule has 0 aliphatic carbocycles. The summed E-state index contributed by atoms with van der Waals surface area (Å²) >= 11 is 0. The summed E-state index contributed by atoms with van der Waals surface area (Å²) in [6.45, 7) is 1.91. The molecule has 6 heteroatoms. The van der Waals surface area contributed by atoms with E-state index in [0.717, 1.165) is 0 Å². The number of hydrazone groups is 1. The number of hydrogen-bond donors (Lipinski definition) is 0. The zero-order valence-electron chi connectivity index (χ0n) is 9.29. The molecule has 0 atom stereocenters. The Hall–Kier alpha value is -2.24. The Balaban J connectivity index is 2.39. The monoisotopic (exact) mass is 233 g/mol. The van der Waals surface area contributed by atoms with Gasteiger partial charge in [0, 0.05) is 19.4 Å². The summed E-state index contributed by atoms with van der Waals surface area (Å²) in [5, 5.41) is 16.3. The summed E-state index contributed by atoms with van der Waals surface area (Å²) in [4.78, 5) is 21.6. The average Bonchev–Trinajstić information content (AvgIpc) is 2.78. The Morgan fingerprint density at radius 1 is 1.47 bits per heavy atom. The Morgan fingerprint density at radius 3 is 2.76 bits per heavy atom. The van der Waals surface area contributed by atoms with Crippen LogP contribution in [-0.4, -0.2) is 28.1 Å². The predicted octanol–water partition coefficient (Wildman–Crippen LogP) is 1.55. The molecule has 1 heterocycles. The van der Waals surface area contributed by atoms with Crippen LogP contribution in [0.3, 0.4) is 0 Å². The standard InChI is InChI=1S/C11H11N3O3/c1-8(15)13-7-6-10(12-13)9-4-2-3-5-11(9)14(16)17/h2-5H,6-7H2,1H3. The van der Waals surface area contributed by atoms with Gasteiger partial charge in [0.05, 0.1) is 22.7 Å². The number of nitro benzene ring substituents is 1. The van der Waals surface area contributed by atoms with Gasteiger partial charge in [0.1, 0.15) is 0 Å². The van der Waals surface area contributed by atoms with E-state index in [0.29, 0.717) is 24.2 Å². The van der Waals surface area contributed by atoms with E-state index in [-0.39, 0.29) is 11.6 Å². The minimum absolute atomic E-state index is 0.0247. The van der Waals surface area contributed by atoms with Crippen molar-refractivity contribution >= 4 is 17.3 Å². The second-order valence-corrected chi connectivity index (χ2v) is 3.71. The minimum Gasteiger partial charge on any atom is -0.273 e. The summed E-state index contributed by atoms with van der Waals surface area (Å²) in [5.74, 6) is -0.154. The molecule has 0 bridgehead atoms. The third-order valence-corrected chi connectivity index (χ3v) is 2.58. The Morgan fingerprint density at radius 2 is 2.18 bits per heavy atom. The van der Waals surface area contributed by atoms with Gasteiger partial charge in [-0.15, -0.1) is 0 Å². The van der Waals surface area contributed by atoms with Crippen molar-refractivity contribution in [2.75, 3.05) is 6.54 Å². The van der Waals surface area contributed by atoms with Gasteiger partial charge < -0.3 is 0 Å². The molecular weight excluding hydrogens is 222 g/mol. The number of para-hydroxylation sites is 1. The maximum atomic E-state index is 11.1. The summed E-state index contributed by atoms with van der Waals surface area (Å²) < 4.78 is 0. The molecule has 0 saturated heterocycles. The maximum absolute atomic E-state index is 11.1. The number of rotatable bonds is 2. The Kier molecular flexibility index (Phi) is 2.86.